The van der Waals surface area contributed by atoms with Crippen molar-refractivity contribution in [3.05, 3.63) is 22.1 Å². The average molecular weight is 346 g/mol. The normalized spacial score (nSPS) is 26.0. The second-order valence-corrected chi connectivity index (χ2v) is 9.19. The lowest BCUT2D eigenvalue weighted by atomic mass is 9.99. The quantitative estimate of drug-likeness (QED) is 0.873. The van der Waals surface area contributed by atoms with Gasteiger partial charge < -0.3 is 10.2 Å². The maximum atomic E-state index is 13.3. The number of carbonyl (C=O) groups is 1. The Balaban J connectivity index is 1.74. The van der Waals surface area contributed by atoms with E-state index in [0.29, 0.717) is 32.5 Å². The van der Waals surface area contributed by atoms with Crippen LogP contribution in [-0.2, 0) is 14.6 Å². The molecule has 0 bridgehead atoms. The summed E-state index contributed by atoms with van der Waals surface area (Å²) in [6.07, 6.45) is 0.799. The van der Waals surface area contributed by atoms with Crippen molar-refractivity contribution in [2.75, 3.05) is 31.1 Å². The zero-order chi connectivity index (χ0) is 15.7. The molecule has 1 N–H and O–H groups in total. The van der Waals surface area contributed by atoms with E-state index in [2.05, 4.69) is 5.32 Å². The fourth-order valence-electron chi connectivity index (χ4n) is 3.10. The van der Waals surface area contributed by atoms with Crippen LogP contribution in [0.2, 0.25) is 0 Å². The maximum absolute atomic E-state index is 13.3. The Morgan fingerprint density at radius 3 is 2.68 bits per heavy atom. The van der Waals surface area contributed by atoms with Crippen LogP contribution in [-0.4, -0.2) is 50.4 Å². The Hall–Kier alpha value is -0.990. The first-order valence-corrected chi connectivity index (χ1v) is 10.1. The highest BCUT2D eigenvalue weighted by Crippen LogP contribution is 2.31. The number of thiophene rings is 1. The van der Waals surface area contributed by atoms with Crippen LogP contribution in [0.25, 0.3) is 0 Å². The van der Waals surface area contributed by atoms with Crippen molar-refractivity contribution in [3.63, 3.8) is 0 Å². The van der Waals surface area contributed by atoms with Gasteiger partial charge in [0.1, 0.15) is 9.84 Å². The molecule has 1 unspecified atom stereocenters. The standard InChI is InChI=1S/C14H19FN2O3S2/c15-13-2-1-12(21-13)11-9-16-5-6-17(11)14(18)10-3-7-22(19,20)8-4-10/h1-2,10-11,16H,3-9H2. The van der Waals surface area contributed by atoms with E-state index in [1.54, 1.807) is 11.0 Å². The summed E-state index contributed by atoms with van der Waals surface area (Å²) in [6.45, 7) is 1.89. The highest BCUT2D eigenvalue weighted by atomic mass is 32.2. The summed E-state index contributed by atoms with van der Waals surface area (Å²) in [7, 11) is -2.97. The molecule has 3 rings (SSSR count). The van der Waals surface area contributed by atoms with Gasteiger partial charge in [-0.2, -0.15) is 4.39 Å². The Morgan fingerprint density at radius 1 is 1.32 bits per heavy atom. The summed E-state index contributed by atoms with van der Waals surface area (Å²) < 4.78 is 36.3. The van der Waals surface area contributed by atoms with Gasteiger partial charge in [0.05, 0.1) is 17.5 Å². The zero-order valence-corrected chi connectivity index (χ0v) is 13.8. The molecule has 1 aromatic rings. The molecule has 122 valence electrons. The minimum Gasteiger partial charge on any atom is -0.332 e. The van der Waals surface area contributed by atoms with Crippen molar-refractivity contribution >= 4 is 27.1 Å². The molecule has 22 heavy (non-hydrogen) atoms. The van der Waals surface area contributed by atoms with Crippen LogP contribution in [0.5, 0.6) is 0 Å². The number of rotatable bonds is 2. The van der Waals surface area contributed by atoms with Crippen molar-refractivity contribution < 1.29 is 17.6 Å². The van der Waals surface area contributed by atoms with Gasteiger partial charge in [-0.25, -0.2) is 8.42 Å². The molecule has 1 amide bonds. The number of hydrogen-bond acceptors (Lipinski definition) is 5. The molecule has 3 heterocycles. The lowest BCUT2D eigenvalue weighted by Gasteiger charge is -2.38. The average Bonchev–Trinajstić information content (AvgIpc) is 2.93. The van der Waals surface area contributed by atoms with Crippen LogP contribution in [0.15, 0.2) is 12.1 Å². The van der Waals surface area contributed by atoms with E-state index < -0.39 is 9.84 Å². The van der Waals surface area contributed by atoms with E-state index in [9.17, 15) is 17.6 Å². The van der Waals surface area contributed by atoms with Gasteiger partial charge in [0.25, 0.3) is 0 Å². The number of carbonyl (C=O) groups excluding carboxylic acids is 1. The summed E-state index contributed by atoms with van der Waals surface area (Å²) in [4.78, 5) is 15.4. The van der Waals surface area contributed by atoms with Gasteiger partial charge in [-0.15, -0.1) is 11.3 Å². The van der Waals surface area contributed by atoms with Gasteiger partial charge in [-0.05, 0) is 25.0 Å². The number of hydrogen-bond donors (Lipinski definition) is 1. The summed E-state index contributed by atoms with van der Waals surface area (Å²) in [6, 6.07) is 2.99. The van der Waals surface area contributed by atoms with Gasteiger partial charge >= 0.3 is 0 Å². The Morgan fingerprint density at radius 2 is 2.05 bits per heavy atom. The van der Waals surface area contributed by atoms with E-state index in [4.69, 9.17) is 0 Å². The van der Waals surface area contributed by atoms with Crippen molar-refractivity contribution in [1.82, 2.24) is 10.2 Å². The smallest absolute Gasteiger partial charge is 0.226 e. The molecule has 1 aromatic heterocycles. The first-order chi connectivity index (χ1) is 10.5. The molecule has 0 spiro atoms. The molecule has 0 radical (unpaired) electrons. The summed E-state index contributed by atoms with van der Waals surface area (Å²) in [5.74, 6) is -0.0363. The fraction of sp³-hybridized carbons (Fsp3) is 0.643. The van der Waals surface area contributed by atoms with E-state index in [1.807, 2.05) is 0 Å². The lowest BCUT2D eigenvalue weighted by molar-refractivity contribution is -0.139. The Bertz CT molecular complexity index is 645. The topological polar surface area (TPSA) is 66.5 Å². The molecule has 0 aliphatic carbocycles. The molecule has 5 nitrogen and oxygen atoms in total. The third-order valence-corrected chi connectivity index (χ3v) is 7.04. The second-order valence-electron chi connectivity index (χ2n) is 5.82. The molecule has 2 aliphatic rings. The molecule has 2 fully saturated rings. The van der Waals surface area contributed by atoms with E-state index in [1.165, 1.54) is 6.07 Å². The Kier molecular flexibility index (Phi) is 4.52. The summed E-state index contributed by atoms with van der Waals surface area (Å²) >= 11 is 1.07. The second kappa shape index (κ2) is 6.25. The minimum absolute atomic E-state index is 0.00945. The highest BCUT2D eigenvalue weighted by Gasteiger charge is 2.36. The van der Waals surface area contributed by atoms with Crippen molar-refractivity contribution in [2.24, 2.45) is 5.92 Å². The number of sulfone groups is 1. The maximum Gasteiger partial charge on any atom is 0.226 e. The molecule has 1 atom stereocenters. The molecule has 2 aliphatic heterocycles. The molecule has 0 saturated carbocycles. The van der Waals surface area contributed by atoms with Crippen molar-refractivity contribution in [2.45, 2.75) is 18.9 Å². The molecule has 0 aromatic carbocycles. The van der Waals surface area contributed by atoms with E-state index in [-0.39, 0.29) is 34.5 Å². The first kappa shape index (κ1) is 15.9. The number of amides is 1. The first-order valence-electron chi connectivity index (χ1n) is 7.43. The summed E-state index contributed by atoms with van der Waals surface area (Å²) in [5, 5.41) is 2.98. The summed E-state index contributed by atoms with van der Waals surface area (Å²) in [5.41, 5.74) is 0. The van der Waals surface area contributed by atoms with Crippen LogP contribution in [0.4, 0.5) is 4.39 Å². The molecular formula is C14H19FN2O3S2. The van der Waals surface area contributed by atoms with Crippen LogP contribution in [0.3, 0.4) is 0 Å². The van der Waals surface area contributed by atoms with E-state index >= 15 is 0 Å². The van der Waals surface area contributed by atoms with Crippen molar-refractivity contribution in [3.8, 4) is 0 Å². The number of nitrogens with one attached hydrogen (secondary N) is 1. The van der Waals surface area contributed by atoms with Crippen molar-refractivity contribution in [1.29, 1.82) is 0 Å². The number of piperazine rings is 1. The van der Waals surface area contributed by atoms with Gasteiger partial charge in [0, 0.05) is 30.4 Å². The molecule has 8 heteroatoms. The highest BCUT2D eigenvalue weighted by molar-refractivity contribution is 7.91. The largest absolute Gasteiger partial charge is 0.332 e. The van der Waals surface area contributed by atoms with Crippen LogP contribution >= 0.6 is 11.3 Å². The predicted molar refractivity (Wildman–Crippen MR) is 83.0 cm³/mol. The molecule has 2 saturated heterocycles. The van der Waals surface area contributed by atoms with Crippen LogP contribution in [0, 0.1) is 11.0 Å². The lowest BCUT2D eigenvalue weighted by Crippen LogP contribution is -2.51. The number of nitrogens with zero attached hydrogens (tertiary/aromatic N) is 1. The van der Waals surface area contributed by atoms with Crippen LogP contribution in [0.1, 0.15) is 23.8 Å². The Labute approximate surface area is 133 Å². The third kappa shape index (κ3) is 3.33. The van der Waals surface area contributed by atoms with Crippen LogP contribution < -0.4 is 5.32 Å². The zero-order valence-electron chi connectivity index (χ0n) is 12.1. The third-order valence-electron chi connectivity index (χ3n) is 4.35. The SMILES string of the molecule is O=C(C1CCS(=O)(=O)CC1)N1CCNCC1c1ccc(F)s1. The van der Waals surface area contributed by atoms with Gasteiger partial charge in [0.15, 0.2) is 5.13 Å². The fourth-order valence-corrected chi connectivity index (χ4v) is 5.44. The predicted octanol–water partition coefficient (Wildman–Crippen LogP) is 1.18. The monoisotopic (exact) mass is 346 g/mol. The minimum atomic E-state index is -2.97. The van der Waals surface area contributed by atoms with Gasteiger partial charge in [-0.3, -0.25) is 4.79 Å². The molecular weight excluding hydrogens is 327 g/mol. The van der Waals surface area contributed by atoms with E-state index in [0.717, 1.165) is 16.2 Å². The number of halogens is 1. The van der Waals surface area contributed by atoms with Gasteiger partial charge in [0.2, 0.25) is 5.91 Å². The van der Waals surface area contributed by atoms with Gasteiger partial charge in [-0.1, -0.05) is 0 Å².